The molecule has 0 saturated carbocycles. The van der Waals surface area contributed by atoms with Crippen LogP contribution in [0.15, 0.2) is 36.4 Å². The first kappa shape index (κ1) is 15.5. The highest BCUT2D eigenvalue weighted by molar-refractivity contribution is 6.30. The Kier molecular flexibility index (Phi) is 4.96. The monoisotopic (exact) mass is 315 g/mol. The highest BCUT2D eigenvalue weighted by atomic mass is 35.5. The summed E-state index contributed by atoms with van der Waals surface area (Å²) in [5, 5.41) is 3.24. The van der Waals surface area contributed by atoms with Gasteiger partial charge in [-0.3, -0.25) is 0 Å². The maximum atomic E-state index is 13.6. The fourth-order valence-electron chi connectivity index (χ4n) is 1.86. The molecule has 0 saturated heterocycles. The van der Waals surface area contributed by atoms with Crippen molar-refractivity contribution >= 4 is 17.3 Å². The van der Waals surface area contributed by atoms with E-state index in [2.05, 4.69) is 10.1 Å². The van der Waals surface area contributed by atoms with Gasteiger partial charge >= 0.3 is 6.61 Å². The van der Waals surface area contributed by atoms with Crippen molar-refractivity contribution in [1.29, 1.82) is 0 Å². The molecule has 0 heterocycles. The van der Waals surface area contributed by atoms with Gasteiger partial charge < -0.3 is 10.1 Å². The van der Waals surface area contributed by atoms with Crippen LogP contribution in [-0.4, -0.2) is 6.61 Å². The van der Waals surface area contributed by atoms with E-state index in [4.69, 9.17) is 11.6 Å². The Hall–Kier alpha value is -1.88. The molecule has 0 aliphatic carbocycles. The van der Waals surface area contributed by atoms with E-state index >= 15 is 0 Å². The van der Waals surface area contributed by atoms with Gasteiger partial charge in [-0.05, 0) is 42.8 Å². The number of ether oxygens (including phenoxy) is 1. The molecule has 0 atom stereocenters. The summed E-state index contributed by atoms with van der Waals surface area (Å²) in [5.41, 5.74) is 1.59. The van der Waals surface area contributed by atoms with Gasteiger partial charge in [0.2, 0.25) is 0 Å². The second-order valence-corrected chi connectivity index (χ2v) is 4.90. The molecule has 0 bridgehead atoms. The van der Waals surface area contributed by atoms with Crippen LogP contribution in [-0.2, 0) is 6.54 Å². The highest BCUT2D eigenvalue weighted by Gasteiger charge is 2.11. The van der Waals surface area contributed by atoms with Crippen molar-refractivity contribution in [2.45, 2.75) is 20.1 Å². The van der Waals surface area contributed by atoms with Crippen molar-refractivity contribution in [3.63, 3.8) is 0 Å². The van der Waals surface area contributed by atoms with Gasteiger partial charge in [-0.25, -0.2) is 4.39 Å². The van der Waals surface area contributed by atoms with Crippen LogP contribution >= 0.6 is 11.6 Å². The van der Waals surface area contributed by atoms with Gasteiger partial charge in [0.15, 0.2) is 0 Å². The van der Waals surface area contributed by atoms with E-state index in [0.717, 1.165) is 5.56 Å². The molecular formula is C15H13ClF3NO. The van der Waals surface area contributed by atoms with Crippen molar-refractivity contribution in [1.82, 2.24) is 0 Å². The Labute approximate surface area is 125 Å². The van der Waals surface area contributed by atoms with Gasteiger partial charge in [0.25, 0.3) is 0 Å². The van der Waals surface area contributed by atoms with Gasteiger partial charge in [-0.1, -0.05) is 17.7 Å². The van der Waals surface area contributed by atoms with Crippen LogP contribution < -0.4 is 10.1 Å². The van der Waals surface area contributed by atoms with E-state index < -0.39 is 12.4 Å². The summed E-state index contributed by atoms with van der Waals surface area (Å²) >= 11 is 5.85. The molecule has 0 fully saturated rings. The van der Waals surface area contributed by atoms with Crippen molar-refractivity contribution < 1.29 is 17.9 Å². The lowest BCUT2D eigenvalue weighted by atomic mass is 10.1. The summed E-state index contributed by atoms with van der Waals surface area (Å²) in [6.45, 7) is -0.987. The standard InChI is InChI=1S/C15H13ClF3NO/c1-9-2-4-12(17)13(6-9)20-8-10-7-11(16)3-5-14(10)21-15(18)19/h2-7,15,20H,8H2,1H3. The lowest BCUT2D eigenvalue weighted by Gasteiger charge is -2.13. The zero-order valence-corrected chi connectivity index (χ0v) is 11.9. The van der Waals surface area contributed by atoms with E-state index in [9.17, 15) is 13.2 Å². The molecule has 1 N–H and O–H groups in total. The number of nitrogens with one attached hydrogen (secondary N) is 1. The van der Waals surface area contributed by atoms with Crippen LogP contribution in [0.1, 0.15) is 11.1 Å². The minimum absolute atomic E-state index is 0.00922. The van der Waals surface area contributed by atoms with Crippen LogP contribution in [0.25, 0.3) is 0 Å². The average Bonchev–Trinajstić information content (AvgIpc) is 2.42. The maximum Gasteiger partial charge on any atom is 0.387 e. The first-order valence-electron chi connectivity index (χ1n) is 6.19. The zero-order valence-electron chi connectivity index (χ0n) is 11.2. The SMILES string of the molecule is Cc1ccc(F)c(NCc2cc(Cl)ccc2OC(F)F)c1. The Balaban J connectivity index is 2.18. The van der Waals surface area contributed by atoms with Crippen LogP contribution in [0.2, 0.25) is 5.02 Å². The molecule has 21 heavy (non-hydrogen) atoms. The van der Waals surface area contributed by atoms with Crippen LogP contribution in [0.5, 0.6) is 5.75 Å². The number of alkyl halides is 2. The molecule has 112 valence electrons. The zero-order chi connectivity index (χ0) is 15.4. The number of hydrogen-bond donors (Lipinski definition) is 1. The Morgan fingerprint density at radius 1 is 1.19 bits per heavy atom. The number of benzene rings is 2. The van der Waals surface area contributed by atoms with E-state index in [1.807, 2.05) is 6.92 Å². The number of halogens is 4. The number of hydrogen-bond acceptors (Lipinski definition) is 2. The Morgan fingerprint density at radius 2 is 1.95 bits per heavy atom. The maximum absolute atomic E-state index is 13.6. The van der Waals surface area contributed by atoms with Crippen LogP contribution in [0.3, 0.4) is 0 Å². The summed E-state index contributed by atoms with van der Waals surface area (Å²) < 4.78 is 42.7. The highest BCUT2D eigenvalue weighted by Crippen LogP contribution is 2.26. The largest absolute Gasteiger partial charge is 0.434 e. The summed E-state index contributed by atoms with van der Waals surface area (Å²) in [6, 6.07) is 8.93. The van der Waals surface area contributed by atoms with Gasteiger partial charge in [-0.2, -0.15) is 8.78 Å². The minimum Gasteiger partial charge on any atom is -0.434 e. The molecule has 2 nitrogen and oxygen atoms in total. The van der Waals surface area contributed by atoms with E-state index in [0.29, 0.717) is 10.6 Å². The molecule has 2 rings (SSSR count). The average molecular weight is 316 g/mol. The summed E-state index contributed by atoms with van der Waals surface area (Å²) in [5.74, 6) is -0.408. The summed E-state index contributed by atoms with van der Waals surface area (Å²) in [6.07, 6.45) is 0. The lowest BCUT2D eigenvalue weighted by Crippen LogP contribution is -2.08. The third kappa shape index (κ3) is 4.29. The normalized spacial score (nSPS) is 10.8. The number of anilines is 1. The molecule has 6 heteroatoms. The molecule has 0 aromatic heterocycles. The first-order chi connectivity index (χ1) is 9.95. The smallest absolute Gasteiger partial charge is 0.387 e. The van der Waals surface area contributed by atoms with Crippen molar-refractivity contribution in [3.05, 3.63) is 58.4 Å². The fourth-order valence-corrected chi connectivity index (χ4v) is 2.06. The van der Waals surface area contributed by atoms with Crippen molar-refractivity contribution in [3.8, 4) is 5.75 Å². The molecule has 0 radical (unpaired) electrons. The molecule has 0 spiro atoms. The van der Waals surface area contributed by atoms with Crippen molar-refractivity contribution in [2.75, 3.05) is 5.32 Å². The fraction of sp³-hybridized carbons (Fsp3) is 0.200. The molecular weight excluding hydrogens is 303 g/mol. The lowest BCUT2D eigenvalue weighted by molar-refractivity contribution is -0.0504. The van der Waals surface area contributed by atoms with Crippen molar-refractivity contribution in [2.24, 2.45) is 0 Å². The van der Waals surface area contributed by atoms with E-state index in [-0.39, 0.29) is 18.0 Å². The third-order valence-corrected chi connectivity index (χ3v) is 3.06. The van der Waals surface area contributed by atoms with E-state index in [1.165, 1.54) is 24.3 Å². The minimum atomic E-state index is -2.93. The summed E-state index contributed by atoms with van der Waals surface area (Å²) in [7, 11) is 0. The number of aryl methyl sites for hydroxylation is 1. The van der Waals surface area contributed by atoms with Crippen LogP contribution in [0.4, 0.5) is 18.9 Å². The third-order valence-electron chi connectivity index (χ3n) is 2.83. The van der Waals surface area contributed by atoms with Gasteiger partial charge in [0.1, 0.15) is 11.6 Å². The molecule has 0 aliphatic heterocycles. The summed E-state index contributed by atoms with van der Waals surface area (Å²) in [4.78, 5) is 0. The quantitative estimate of drug-likeness (QED) is 0.838. The molecule has 2 aromatic rings. The molecule has 0 aliphatic rings. The van der Waals surface area contributed by atoms with Gasteiger partial charge in [0, 0.05) is 17.1 Å². The topological polar surface area (TPSA) is 21.3 Å². The van der Waals surface area contributed by atoms with Gasteiger partial charge in [-0.15, -0.1) is 0 Å². The Morgan fingerprint density at radius 3 is 2.67 bits per heavy atom. The number of rotatable bonds is 5. The predicted octanol–water partition coefficient (Wildman–Crippen LogP) is 5.00. The second-order valence-electron chi connectivity index (χ2n) is 4.47. The Bertz CT molecular complexity index is 634. The predicted molar refractivity (Wildman–Crippen MR) is 76.5 cm³/mol. The molecule has 0 amide bonds. The molecule has 2 aromatic carbocycles. The first-order valence-corrected chi connectivity index (χ1v) is 6.57. The molecule has 0 unspecified atom stereocenters. The second kappa shape index (κ2) is 6.72. The van der Waals surface area contributed by atoms with Crippen LogP contribution in [0, 0.1) is 12.7 Å². The van der Waals surface area contributed by atoms with Gasteiger partial charge in [0.05, 0.1) is 5.69 Å². The van der Waals surface area contributed by atoms with E-state index in [1.54, 1.807) is 12.1 Å².